The molecule has 0 aliphatic carbocycles. The zero-order valence-electron chi connectivity index (χ0n) is 38.8. The smallest absolute Gasteiger partial charge is 0.306 e. The Morgan fingerprint density at radius 3 is 1.38 bits per heavy atom. The predicted octanol–water partition coefficient (Wildman–Crippen LogP) is 11.7. The van der Waals surface area contributed by atoms with Crippen LogP contribution < -0.4 is 5.11 Å². The minimum atomic E-state index is -1.14. The molecule has 0 aliphatic heterocycles. The number of carbonyl (C=O) groups is 3. The van der Waals surface area contributed by atoms with Gasteiger partial charge in [-0.15, -0.1) is 0 Å². The minimum absolute atomic E-state index is 0.00565. The van der Waals surface area contributed by atoms with Crippen LogP contribution in [0.4, 0.5) is 0 Å². The maximum absolute atomic E-state index is 12.7. The number of aliphatic carboxylic acids is 1. The van der Waals surface area contributed by atoms with Crippen molar-refractivity contribution >= 4 is 17.9 Å². The van der Waals surface area contributed by atoms with Crippen LogP contribution in [0.3, 0.4) is 0 Å². The topological polar surface area (TPSA) is 102 Å². The van der Waals surface area contributed by atoms with Crippen molar-refractivity contribution in [2.24, 2.45) is 0 Å². The van der Waals surface area contributed by atoms with Gasteiger partial charge in [-0.2, -0.15) is 0 Å². The zero-order chi connectivity index (χ0) is 44.9. The summed E-state index contributed by atoms with van der Waals surface area (Å²) in [5.41, 5.74) is 0. The number of rotatable bonds is 39. The van der Waals surface area contributed by atoms with E-state index in [0.717, 1.165) is 70.6 Å². The summed E-state index contributed by atoms with van der Waals surface area (Å²) >= 11 is 0. The summed E-state index contributed by atoms with van der Waals surface area (Å²) in [6.07, 6.45) is 59.3. The molecule has 8 heteroatoms. The molecular weight excluding hydrogens is 763 g/mol. The summed E-state index contributed by atoms with van der Waals surface area (Å²) in [6, 6.07) is -0.747. The van der Waals surface area contributed by atoms with Crippen LogP contribution in [0, 0.1) is 0 Å². The largest absolute Gasteiger partial charge is 0.544 e. The molecule has 0 fully saturated rings. The lowest BCUT2D eigenvalue weighted by Gasteiger charge is -2.34. The molecule has 0 aromatic rings. The Bertz CT molecular complexity index is 1400. The van der Waals surface area contributed by atoms with Gasteiger partial charge < -0.3 is 28.6 Å². The fourth-order valence-corrected chi connectivity index (χ4v) is 5.99. The van der Waals surface area contributed by atoms with Crippen molar-refractivity contribution in [2.75, 3.05) is 41.0 Å². The quantitative estimate of drug-likeness (QED) is 0.0263. The Labute approximate surface area is 371 Å². The lowest BCUT2D eigenvalue weighted by Crippen LogP contribution is -2.55. The van der Waals surface area contributed by atoms with E-state index in [0.29, 0.717) is 12.8 Å². The van der Waals surface area contributed by atoms with Crippen LogP contribution in [0.2, 0.25) is 0 Å². The van der Waals surface area contributed by atoms with Gasteiger partial charge in [0, 0.05) is 19.3 Å². The molecule has 2 atom stereocenters. The molecule has 0 aromatic carbocycles. The lowest BCUT2D eigenvalue weighted by molar-refractivity contribution is -0.889. The van der Waals surface area contributed by atoms with Gasteiger partial charge in [0.15, 0.2) is 6.10 Å². The Balaban J connectivity index is 4.51. The fourth-order valence-electron chi connectivity index (χ4n) is 5.99. The molecular formula is C53H83NO7. The van der Waals surface area contributed by atoms with Gasteiger partial charge in [-0.3, -0.25) is 9.59 Å². The van der Waals surface area contributed by atoms with Gasteiger partial charge in [0.05, 0.1) is 40.3 Å². The second-order valence-electron chi connectivity index (χ2n) is 16.1. The summed E-state index contributed by atoms with van der Waals surface area (Å²) in [5.74, 6) is -1.84. The second kappa shape index (κ2) is 42.4. The first kappa shape index (κ1) is 56.7. The van der Waals surface area contributed by atoms with Crippen molar-refractivity contribution in [3.05, 3.63) is 122 Å². The highest BCUT2D eigenvalue weighted by molar-refractivity contribution is 5.70. The van der Waals surface area contributed by atoms with E-state index in [1.54, 1.807) is 21.1 Å². The van der Waals surface area contributed by atoms with Crippen LogP contribution in [0.15, 0.2) is 122 Å². The first-order valence-electron chi connectivity index (χ1n) is 23.2. The van der Waals surface area contributed by atoms with Crippen LogP contribution in [-0.4, -0.2) is 75.5 Å². The summed E-state index contributed by atoms with van der Waals surface area (Å²) < 4.78 is 17.1. The maximum Gasteiger partial charge on any atom is 0.306 e. The molecule has 61 heavy (non-hydrogen) atoms. The van der Waals surface area contributed by atoms with Crippen LogP contribution >= 0.6 is 0 Å². The standard InChI is InChI=1S/C53H83NO7/c1-6-8-10-12-14-16-18-20-22-24-26-28-30-32-34-36-38-40-42-44-52(56)61-49(47-59-46-45-50(53(57)58)54(3,4)5)48-60-51(55)43-41-39-37-35-33-31-29-27-25-23-21-19-17-15-13-11-9-7-2/h8,10,12,14,16,18-30,32,34,49-50H,6-7,9,11,13,15,17,31,33,35-48H2,1-5H3/b10-8+,14-12+,18-16+,21-19+,22-20+,25-23+,26-24+,29-27+,30-28+,34-32+. The van der Waals surface area contributed by atoms with Crippen molar-refractivity contribution in [3.63, 3.8) is 0 Å². The summed E-state index contributed by atoms with van der Waals surface area (Å²) in [6.45, 7) is 4.40. The highest BCUT2D eigenvalue weighted by Crippen LogP contribution is 2.12. The number of carbonyl (C=O) groups excluding carboxylic acids is 3. The van der Waals surface area contributed by atoms with Gasteiger partial charge >= 0.3 is 11.9 Å². The molecule has 0 bridgehead atoms. The normalized spacial score (nSPS) is 14.0. The number of nitrogens with zero attached hydrogens (tertiary/aromatic N) is 1. The Morgan fingerprint density at radius 2 is 0.918 bits per heavy atom. The number of allylic oxidation sites excluding steroid dienone is 20. The van der Waals surface area contributed by atoms with E-state index in [4.69, 9.17) is 14.2 Å². The molecule has 0 aliphatic rings. The van der Waals surface area contributed by atoms with Crippen molar-refractivity contribution in [3.8, 4) is 0 Å². The molecule has 2 unspecified atom stereocenters. The van der Waals surface area contributed by atoms with Crippen molar-refractivity contribution in [2.45, 2.75) is 154 Å². The molecule has 0 N–H and O–H groups in total. The number of likely N-dealkylation sites (N-methyl/N-ethyl adjacent to an activating group) is 1. The van der Waals surface area contributed by atoms with Gasteiger partial charge in [-0.1, -0.05) is 187 Å². The highest BCUT2D eigenvalue weighted by atomic mass is 16.6. The molecule has 0 saturated carbocycles. The molecule has 8 nitrogen and oxygen atoms in total. The summed E-state index contributed by atoms with van der Waals surface area (Å²) in [7, 11) is 5.37. The third-order valence-corrected chi connectivity index (χ3v) is 9.59. The highest BCUT2D eigenvalue weighted by Gasteiger charge is 2.25. The SMILES string of the molecule is CC/C=C/C=C/C=C/C=C/C=C/C=C/C=C/CCCCCC(=O)OC(COCCC(C(=O)[O-])[N+](C)(C)C)COC(=O)CCCCCCC/C=C/C=C/C=C/CCCCCCC. The number of carboxylic acid groups (broad SMARTS) is 1. The molecule has 342 valence electrons. The number of carboxylic acids is 1. The van der Waals surface area contributed by atoms with Crippen LogP contribution in [0.25, 0.3) is 0 Å². The molecule has 0 rings (SSSR count). The third kappa shape index (κ3) is 40.9. The van der Waals surface area contributed by atoms with E-state index in [1.807, 2.05) is 72.9 Å². The Hall–Kier alpha value is -4.27. The number of quaternary nitrogens is 1. The van der Waals surface area contributed by atoms with Crippen molar-refractivity contribution in [1.29, 1.82) is 0 Å². The minimum Gasteiger partial charge on any atom is -0.544 e. The number of hydrogen-bond acceptors (Lipinski definition) is 7. The molecule has 0 heterocycles. The van der Waals surface area contributed by atoms with Crippen LogP contribution in [0.5, 0.6) is 0 Å². The molecule has 0 amide bonds. The van der Waals surface area contributed by atoms with E-state index in [-0.39, 0.29) is 49.1 Å². The average Bonchev–Trinajstić information content (AvgIpc) is 3.22. The Morgan fingerprint density at radius 1 is 0.508 bits per heavy atom. The van der Waals surface area contributed by atoms with Crippen molar-refractivity contribution < 1.29 is 38.2 Å². The Kier molecular flexibility index (Phi) is 39.5. The lowest BCUT2D eigenvalue weighted by atomic mass is 10.1. The third-order valence-electron chi connectivity index (χ3n) is 9.59. The second-order valence-corrected chi connectivity index (χ2v) is 16.1. The van der Waals surface area contributed by atoms with Gasteiger partial charge in [0.1, 0.15) is 12.6 Å². The zero-order valence-corrected chi connectivity index (χ0v) is 38.8. The van der Waals surface area contributed by atoms with E-state index >= 15 is 0 Å². The average molecular weight is 846 g/mol. The van der Waals surface area contributed by atoms with E-state index in [2.05, 4.69) is 62.5 Å². The monoisotopic (exact) mass is 846 g/mol. The van der Waals surface area contributed by atoms with Crippen LogP contribution in [-0.2, 0) is 28.6 Å². The van der Waals surface area contributed by atoms with Crippen LogP contribution in [0.1, 0.15) is 142 Å². The van der Waals surface area contributed by atoms with Gasteiger partial charge in [-0.05, 0) is 57.8 Å². The first-order chi connectivity index (χ1) is 29.6. The van der Waals surface area contributed by atoms with E-state index < -0.39 is 18.1 Å². The molecule has 0 spiro atoms. The van der Waals surface area contributed by atoms with Gasteiger partial charge in [0.2, 0.25) is 0 Å². The molecule has 0 radical (unpaired) electrons. The summed E-state index contributed by atoms with van der Waals surface area (Å²) in [4.78, 5) is 36.9. The van der Waals surface area contributed by atoms with E-state index in [1.165, 1.54) is 32.1 Å². The molecule has 0 saturated heterocycles. The molecule has 0 aromatic heterocycles. The van der Waals surface area contributed by atoms with Crippen molar-refractivity contribution in [1.82, 2.24) is 0 Å². The first-order valence-corrected chi connectivity index (χ1v) is 23.2. The summed E-state index contributed by atoms with van der Waals surface area (Å²) in [5, 5.41) is 11.6. The number of ether oxygens (including phenoxy) is 3. The van der Waals surface area contributed by atoms with E-state index in [9.17, 15) is 19.5 Å². The number of hydrogen-bond donors (Lipinski definition) is 0. The van der Waals surface area contributed by atoms with Gasteiger partial charge in [0.25, 0.3) is 0 Å². The predicted molar refractivity (Wildman–Crippen MR) is 254 cm³/mol. The number of unbranched alkanes of at least 4 members (excludes halogenated alkanes) is 13. The fraction of sp³-hybridized carbons (Fsp3) is 0.566. The maximum atomic E-state index is 12.7. The number of esters is 2. The van der Waals surface area contributed by atoms with Gasteiger partial charge in [-0.25, -0.2) is 0 Å².